The zero-order valence-electron chi connectivity index (χ0n) is 33.4. The molecule has 7 atom stereocenters. The highest BCUT2D eigenvalue weighted by molar-refractivity contribution is 5.93. The summed E-state index contributed by atoms with van der Waals surface area (Å²) < 4.78 is 5.26. The number of aliphatic hydroxyl groups excluding tert-OH is 1. The topological polar surface area (TPSA) is 221 Å². The maximum absolute atomic E-state index is 14.0. The maximum atomic E-state index is 14.0. The van der Waals surface area contributed by atoms with Gasteiger partial charge in [0, 0.05) is 20.0 Å². The molecule has 312 valence electrons. The molecule has 0 radical (unpaired) electrons. The van der Waals surface area contributed by atoms with E-state index in [9.17, 15) is 33.9 Å². The molecule has 6 amide bonds. The molecular weight excluding hydrogens is 743 g/mol. The van der Waals surface area contributed by atoms with Crippen LogP contribution in [0.2, 0.25) is 0 Å². The number of hydrogen-bond acceptors (Lipinski definition) is 9. The number of benzene rings is 3. The number of ether oxygens (including phenoxy) is 1. The second-order valence-electron chi connectivity index (χ2n) is 14.7. The Kier molecular flexibility index (Phi) is 17.7. The highest BCUT2D eigenvalue weighted by Gasteiger charge is 2.38. The number of hydrogen-bond donors (Lipinski definition) is 7. The van der Waals surface area contributed by atoms with E-state index in [4.69, 9.17) is 10.5 Å². The lowest BCUT2D eigenvalue weighted by Crippen LogP contribution is -2.59. The number of likely N-dealkylation sites (N-methyl/N-ethyl adjacent to an activating group) is 1. The van der Waals surface area contributed by atoms with E-state index in [1.807, 2.05) is 85.5 Å². The number of nitrogens with zero attached hydrogens (tertiary/aromatic N) is 1. The SMILES string of the molecule is CC[C@H](C)[C@H](NC(=O)C1CCCN1C[C@@H](O)[C@H](Cc1ccccc1)NC(=O)[C@H](CC(N)=O)NC(=O)OCc1ccccc1)C(=O)N[C@@H](Cc1ccccc1)C(=O)NC. The summed E-state index contributed by atoms with van der Waals surface area (Å²) in [5.74, 6) is -3.09. The molecule has 1 unspecified atom stereocenters. The number of carbonyl (C=O) groups excluding carboxylic acids is 6. The first-order chi connectivity index (χ1) is 27.9. The number of β-amino-alcohol motifs (C(OH)–C–C–N with tert-alkyl or cyclic N) is 1. The fourth-order valence-electron chi connectivity index (χ4n) is 6.91. The lowest BCUT2D eigenvalue weighted by atomic mass is 9.96. The van der Waals surface area contributed by atoms with Gasteiger partial charge in [-0.05, 0) is 48.4 Å². The van der Waals surface area contributed by atoms with Crippen molar-refractivity contribution in [2.75, 3.05) is 20.1 Å². The second kappa shape index (κ2) is 22.8. The van der Waals surface area contributed by atoms with Crippen LogP contribution in [0.1, 0.15) is 56.2 Å². The minimum Gasteiger partial charge on any atom is -0.445 e. The summed E-state index contributed by atoms with van der Waals surface area (Å²) in [5.41, 5.74) is 7.83. The van der Waals surface area contributed by atoms with Gasteiger partial charge in [-0.2, -0.15) is 0 Å². The lowest BCUT2D eigenvalue weighted by Gasteiger charge is -2.33. The molecule has 0 aromatic heterocycles. The van der Waals surface area contributed by atoms with Crippen LogP contribution in [0.3, 0.4) is 0 Å². The van der Waals surface area contributed by atoms with Crippen LogP contribution in [0.15, 0.2) is 91.0 Å². The quantitative estimate of drug-likeness (QED) is 0.0833. The summed E-state index contributed by atoms with van der Waals surface area (Å²) in [6.07, 6.45) is -0.522. The summed E-state index contributed by atoms with van der Waals surface area (Å²) >= 11 is 0. The van der Waals surface area contributed by atoms with Crippen molar-refractivity contribution in [2.45, 2.75) is 95.3 Å². The Bertz CT molecular complexity index is 1800. The molecule has 1 aliphatic heterocycles. The third kappa shape index (κ3) is 14.0. The largest absolute Gasteiger partial charge is 0.445 e. The van der Waals surface area contributed by atoms with E-state index in [1.54, 1.807) is 24.3 Å². The minimum absolute atomic E-state index is 0.0150. The highest BCUT2D eigenvalue weighted by Crippen LogP contribution is 2.21. The van der Waals surface area contributed by atoms with Gasteiger partial charge in [0.2, 0.25) is 29.5 Å². The average molecular weight is 800 g/mol. The summed E-state index contributed by atoms with van der Waals surface area (Å²) in [6.45, 7) is 4.15. The highest BCUT2D eigenvalue weighted by atomic mass is 16.5. The zero-order valence-corrected chi connectivity index (χ0v) is 33.4. The van der Waals surface area contributed by atoms with Crippen LogP contribution in [-0.4, -0.2) is 102 Å². The van der Waals surface area contributed by atoms with Crippen LogP contribution in [0.4, 0.5) is 4.79 Å². The number of likely N-dealkylation sites (tertiary alicyclic amines) is 1. The molecule has 0 bridgehead atoms. The summed E-state index contributed by atoms with van der Waals surface area (Å²) in [6, 6.07) is 22.6. The van der Waals surface area contributed by atoms with Crippen molar-refractivity contribution >= 4 is 35.6 Å². The van der Waals surface area contributed by atoms with Gasteiger partial charge in [0.05, 0.1) is 24.6 Å². The second-order valence-corrected chi connectivity index (χ2v) is 14.7. The fraction of sp³-hybridized carbons (Fsp3) is 0.442. The van der Waals surface area contributed by atoms with E-state index in [-0.39, 0.29) is 37.8 Å². The fourth-order valence-corrected chi connectivity index (χ4v) is 6.91. The predicted octanol–water partition coefficient (Wildman–Crippen LogP) is 1.71. The third-order valence-corrected chi connectivity index (χ3v) is 10.4. The Balaban J connectivity index is 1.45. The van der Waals surface area contributed by atoms with Gasteiger partial charge in [-0.15, -0.1) is 0 Å². The van der Waals surface area contributed by atoms with Crippen molar-refractivity contribution in [3.05, 3.63) is 108 Å². The molecule has 15 heteroatoms. The van der Waals surface area contributed by atoms with Crippen LogP contribution in [0.5, 0.6) is 0 Å². The molecule has 8 N–H and O–H groups in total. The molecule has 4 rings (SSSR count). The van der Waals surface area contributed by atoms with Crippen molar-refractivity contribution < 1.29 is 38.6 Å². The molecule has 3 aromatic carbocycles. The van der Waals surface area contributed by atoms with Gasteiger partial charge in [-0.1, -0.05) is 111 Å². The van der Waals surface area contributed by atoms with Crippen LogP contribution in [0.25, 0.3) is 0 Å². The summed E-state index contributed by atoms with van der Waals surface area (Å²) in [4.78, 5) is 80.7. The van der Waals surface area contributed by atoms with Crippen molar-refractivity contribution in [1.82, 2.24) is 31.5 Å². The molecule has 1 heterocycles. The van der Waals surface area contributed by atoms with E-state index in [0.717, 1.165) is 16.7 Å². The number of nitrogens with one attached hydrogen (secondary N) is 5. The molecular formula is C43H57N7O8. The standard InChI is InChI=1S/C43H57N7O8/c1-4-28(2)38(42(56)47-33(39(53)45-3)24-30-17-10-6-11-18-30)49-41(55)35-21-14-22-50(35)26-36(51)32(23-29-15-8-5-9-16-29)46-40(54)34(25-37(44)52)48-43(57)58-27-31-19-12-7-13-20-31/h5-13,15-20,28,32-36,38,51H,4,14,21-27H2,1-3H3,(H2,44,52)(H,45,53)(H,46,54)(H,47,56)(H,48,57)(H,49,55)/t28-,32-,33-,34-,35?,36+,38-/m0/s1. The van der Waals surface area contributed by atoms with Gasteiger partial charge < -0.3 is 42.2 Å². The minimum atomic E-state index is -1.39. The van der Waals surface area contributed by atoms with Gasteiger partial charge in [-0.25, -0.2) is 4.79 Å². The summed E-state index contributed by atoms with van der Waals surface area (Å²) in [5, 5.41) is 25.4. The first kappa shape index (κ1) is 44.9. The van der Waals surface area contributed by atoms with Crippen LogP contribution in [-0.2, 0) is 48.2 Å². The monoisotopic (exact) mass is 799 g/mol. The molecule has 3 aromatic rings. The van der Waals surface area contributed by atoms with Crippen LogP contribution >= 0.6 is 0 Å². The van der Waals surface area contributed by atoms with Gasteiger partial charge in [0.25, 0.3) is 0 Å². The van der Waals surface area contributed by atoms with Crippen molar-refractivity contribution in [2.24, 2.45) is 11.7 Å². The lowest BCUT2D eigenvalue weighted by molar-refractivity contribution is -0.134. The normalized spacial score (nSPS) is 17.0. The van der Waals surface area contributed by atoms with Crippen molar-refractivity contribution in [1.29, 1.82) is 0 Å². The number of amides is 6. The molecule has 0 saturated carbocycles. The summed E-state index contributed by atoms with van der Waals surface area (Å²) in [7, 11) is 1.50. The molecule has 1 saturated heterocycles. The van der Waals surface area contributed by atoms with E-state index in [2.05, 4.69) is 26.6 Å². The average Bonchev–Trinajstić information content (AvgIpc) is 3.69. The van der Waals surface area contributed by atoms with Crippen molar-refractivity contribution in [3.8, 4) is 0 Å². The van der Waals surface area contributed by atoms with E-state index in [1.165, 1.54) is 7.05 Å². The number of alkyl carbamates (subject to hydrolysis) is 1. The Morgan fingerprint density at radius 2 is 1.36 bits per heavy atom. The van der Waals surface area contributed by atoms with Gasteiger partial charge >= 0.3 is 6.09 Å². The molecule has 1 aliphatic rings. The molecule has 1 fully saturated rings. The molecule has 58 heavy (non-hydrogen) atoms. The smallest absolute Gasteiger partial charge is 0.408 e. The Hall–Kier alpha value is -5.80. The van der Waals surface area contributed by atoms with E-state index >= 15 is 0 Å². The third-order valence-electron chi connectivity index (χ3n) is 10.4. The van der Waals surface area contributed by atoms with Gasteiger partial charge in [-0.3, -0.25) is 28.9 Å². The Morgan fingerprint density at radius 1 is 0.776 bits per heavy atom. The van der Waals surface area contributed by atoms with E-state index in [0.29, 0.717) is 25.8 Å². The Labute approximate surface area is 339 Å². The van der Waals surface area contributed by atoms with Gasteiger partial charge in [0.1, 0.15) is 24.7 Å². The first-order valence-electron chi connectivity index (χ1n) is 19.8. The van der Waals surface area contributed by atoms with E-state index < -0.39 is 72.5 Å². The molecule has 0 spiro atoms. The Morgan fingerprint density at radius 3 is 1.93 bits per heavy atom. The molecule has 0 aliphatic carbocycles. The number of nitrogens with two attached hydrogens (primary N) is 1. The maximum Gasteiger partial charge on any atom is 0.408 e. The number of primary amides is 1. The number of carbonyl (C=O) groups is 6. The van der Waals surface area contributed by atoms with Crippen LogP contribution < -0.4 is 32.3 Å². The van der Waals surface area contributed by atoms with Gasteiger partial charge in [0.15, 0.2) is 0 Å². The number of rotatable bonds is 21. The first-order valence-corrected chi connectivity index (χ1v) is 19.8. The predicted molar refractivity (Wildman–Crippen MR) is 218 cm³/mol. The van der Waals surface area contributed by atoms with Crippen LogP contribution in [0, 0.1) is 5.92 Å². The van der Waals surface area contributed by atoms with Crippen molar-refractivity contribution in [3.63, 3.8) is 0 Å². The number of aliphatic hydroxyl groups is 1. The molecule has 15 nitrogen and oxygen atoms in total. The zero-order chi connectivity index (χ0) is 42.0.